The minimum atomic E-state index is 0. The van der Waals surface area contributed by atoms with Crippen LogP contribution in [0.15, 0.2) is 0 Å². The summed E-state index contributed by atoms with van der Waals surface area (Å²) < 4.78 is 0. The van der Waals surface area contributed by atoms with Crippen LogP contribution in [0.4, 0.5) is 0 Å². The number of hydrogen-bond acceptors (Lipinski definition) is 0. The highest BCUT2D eigenvalue weighted by molar-refractivity contribution is 5.75. The van der Waals surface area contributed by atoms with Gasteiger partial charge in [0.15, 0.2) is 17.4 Å². The molecule has 0 aromatic rings. The monoisotopic (exact) mass is 129 g/mol. The molecule has 0 fully saturated rings. The Kier molecular flexibility index (Phi) is 10.7. The average Bonchev–Trinajstić information content (AvgIpc) is 1.68. The summed E-state index contributed by atoms with van der Waals surface area (Å²) in [7, 11) is 0. The number of hydrogen-bond donors (Lipinski definition) is 0. The van der Waals surface area contributed by atoms with Gasteiger partial charge in [0.1, 0.15) is 0 Å². The van der Waals surface area contributed by atoms with Gasteiger partial charge in [0, 0.05) is 0 Å². The van der Waals surface area contributed by atoms with E-state index in [0.29, 0.717) is 5.92 Å². The van der Waals surface area contributed by atoms with Crippen molar-refractivity contribution in [2.45, 2.75) is 33.1 Å². The molecule has 0 aliphatic carbocycles. The summed E-state index contributed by atoms with van der Waals surface area (Å²) in [6, 6.07) is 0. The summed E-state index contributed by atoms with van der Waals surface area (Å²) in [4.78, 5) is 0. The summed E-state index contributed by atoms with van der Waals surface area (Å²) in [6.45, 7) is 8.34. The van der Waals surface area contributed by atoms with E-state index < -0.39 is 0 Å². The molecule has 0 nitrogen and oxygen atoms in total. The summed E-state index contributed by atoms with van der Waals surface area (Å²) in [5.74, 6) is 0.699. The maximum Gasteiger partial charge on any atom is 0.187 e. The molecule has 1 unspecified atom stereocenters. The Morgan fingerprint density at radius 1 is 1.38 bits per heavy atom. The zero-order valence-corrected chi connectivity index (χ0v) is 5.41. The third-order valence-electron chi connectivity index (χ3n) is 1.27. The lowest BCUT2D eigenvalue weighted by molar-refractivity contribution is 0.559. The molecule has 0 aliphatic rings. The maximum atomic E-state index is 3.95. The normalized spacial score (nSPS) is 12.4. The third-order valence-corrected chi connectivity index (χ3v) is 1.27. The molecule has 0 aromatic heterocycles. The Labute approximate surface area is 63.8 Å². The largest absolute Gasteiger partial charge is 0.187 e. The van der Waals surface area contributed by atoms with Crippen LogP contribution >= 0.6 is 0 Å². The van der Waals surface area contributed by atoms with Gasteiger partial charge >= 0.3 is 0 Å². The van der Waals surface area contributed by atoms with Crippen LogP contribution in [0.1, 0.15) is 33.1 Å². The molecule has 1 atom stereocenters. The molecule has 8 heavy (non-hydrogen) atoms. The van der Waals surface area contributed by atoms with Gasteiger partial charge in [0.25, 0.3) is 0 Å². The zero-order valence-electron chi connectivity index (χ0n) is 5.41. The molecule has 0 amide bonds. The van der Waals surface area contributed by atoms with Crippen molar-refractivity contribution >= 4 is 17.4 Å². The highest BCUT2D eigenvalue weighted by atomic mass is 27.0. The molecule has 0 aromatic carbocycles. The lowest BCUT2D eigenvalue weighted by atomic mass is 10.0. The van der Waals surface area contributed by atoms with Crippen LogP contribution in [0.2, 0.25) is 0 Å². The van der Waals surface area contributed by atoms with Gasteiger partial charge in [-0.25, -0.2) is 0 Å². The van der Waals surface area contributed by atoms with Crippen LogP contribution in [0.5, 0.6) is 0 Å². The first kappa shape index (κ1) is 11.3. The first-order valence-corrected chi connectivity index (χ1v) is 3.14. The minimum absolute atomic E-state index is 0. The maximum absolute atomic E-state index is 3.95. The Morgan fingerprint density at radius 2 is 1.88 bits per heavy atom. The second-order valence-corrected chi connectivity index (χ2v) is 2.06. The van der Waals surface area contributed by atoms with Crippen molar-refractivity contribution in [2.75, 3.05) is 0 Å². The van der Waals surface area contributed by atoms with Gasteiger partial charge in [-0.05, 0) is 5.92 Å². The summed E-state index contributed by atoms with van der Waals surface area (Å²) in [5, 5.41) is 0. The van der Waals surface area contributed by atoms with E-state index in [0.717, 1.165) is 0 Å². The minimum Gasteiger partial charge on any atom is -0.0654 e. The zero-order chi connectivity index (χ0) is 5.70. The molecule has 0 bridgehead atoms. The lowest BCUT2D eigenvalue weighted by Crippen LogP contribution is -1.88. The van der Waals surface area contributed by atoms with Crippen LogP contribution in [0.3, 0.4) is 0 Å². The van der Waals surface area contributed by atoms with Crippen molar-refractivity contribution < 1.29 is 0 Å². The van der Waals surface area contributed by atoms with Gasteiger partial charge in [-0.15, -0.1) is 0 Å². The van der Waals surface area contributed by atoms with Gasteiger partial charge in [-0.2, -0.15) is 0 Å². The molecule has 0 spiro atoms. The molecule has 0 heterocycles. The van der Waals surface area contributed by atoms with E-state index in [1.165, 1.54) is 19.3 Å². The molecule has 1 radical (unpaired) electrons. The Balaban J connectivity index is 0. The molecule has 0 saturated carbocycles. The van der Waals surface area contributed by atoms with Crippen LogP contribution in [-0.2, 0) is 0 Å². The van der Waals surface area contributed by atoms with Crippen molar-refractivity contribution in [1.82, 2.24) is 0 Å². The molecule has 0 aliphatic heterocycles. The smallest absolute Gasteiger partial charge is 0.0654 e. The van der Waals surface area contributed by atoms with E-state index in [-0.39, 0.29) is 17.4 Å². The van der Waals surface area contributed by atoms with Crippen molar-refractivity contribution in [3.63, 3.8) is 0 Å². The molecular weight excluding hydrogens is 111 g/mol. The fourth-order valence-electron chi connectivity index (χ4n) is 0.612. The van der Waals surface area contributed by atoms with Crippen LogP contribution in [0, 0.1) is 12.8 Å². The van der Waals surface area contributed by atoms with Crippen molar-refractivity contribution in [3.8, 4) is 0 Å². The Bertz CT molecular complexity index is 35.4. The summed E-state index contributed by atoms with van der Waals surface area (Å²) in [5.41, 5.74) is 0. The van der Waals surface area contributed by atoms with Gasteiger partial charge in [0.05, 0.1) is 0 Å². The van der Waals surface area contributed by atoms with E-state index in [2.05, 4.69) is 20.8 Å². The molecule has 0 saturated heterocycles. The SMILES string of the molecule is [AlH3].[CH2]C(CC)CCC. The second kappa shape index (κ2) is 7.53. The van der Waals surface area contributed by atoms with Gasteiger partial charge in [-0.1, -0.05) is 40.0 Å². The summed E-state index contributed by atoms with van der Waals surface area (Å²) >= 11 is 0. The highest BCUT2D eigenvalue weighted by Crippen LogP contribution is 2.06. The fraction of sp³-hybridized carbons (Fsp3) is 0.857. The van der Waals surface area contributed by atoms with E-state index >= 15 is 0 Å². The Morgan fingerprint density at radius 3 is 2.00 bits per heavy atom. The second-order valence-electron chi connectivity index (χ2n) is 2.06. The van der Waals surface area contributed by atoms with Crippen molar-refractivity contribution in [2.24, 2.45) is 5.92 Å². The van der Waals surface area contributed by atoms with Gasteiger partial charge in [0.2, 0.25) is 0 Å². The fourth-order valence-corrected chi connectivity index (χ4v) is 0.612. The molecular formula is C7H18Al. The first-order chi connectivity index (χ1) is 3.31. The molecule has 49 valence electrons. The van der Waals surface area contributed by atoms with Crippen LogP contribution < -0.4 is 0 Å². The van der Waals surface area contributed by atoms with Gasteiger partial charge in [-0.3, -0.25) is 0 Å². The lowest BCUT2D eigenvalue weighted by Gasteiger charge is -2.02. The van der Waals surface area contributed by atoms with Crippen LogP contribution in [0.25, 0.3) is 0 Å². The average molecular weight is 129 g/mol. The standard InChI is InChI=1S/C7H15.Al.3H/c1-4-6-7(3)5-2;;;;/h7H,3-6H2,1-2H3;;;;. The molecule has 0 rings (SSSR count). The predicted molar refractivity (Wildman–Crippen MR) is 44.0 cm³/mol. The van der Waals surface area contributed by atoms with E-state index in [1.807, 2.05) is 0 Å². The van der Waals surface area contributed by atoms with E-state index in [9.17, 15) is 0 Å². The first-order valence-electron chi connectivity index (χ1n) is 3.14. The van der Waals surface area contributed by atoms with Crippen molar-refractivity contribution in [1.29, 1.82) is 0 Å². The third kappa shape index (κ3) is 6.53. The number of rotatable bonds is 3. The van der Waals surface area contributed by atoms with E-state index in [1.54, 1.807) is 0 Å². The van der Waals surface area contributed by atoms with E-state index in [4.69, 9.17) is 0 Å². The highest BCUT2D eigenvalue weighted by Gasteiger charge is 1.92. The molecule has 1 heteroatoms. The Hall–Kier alpha value is 0.532. The summed E-state index contributed by atoms with van der Waals surface area (Å²) in [6.07, 6.45) is 3.80. The molecule has 0 N–H and O–H groups in total. The van der Waals surface area contributed by atoms with Crippen LogP contribution in [-0.4, -0.2) is 17.4 Å². The van der Waals surface area contributed by atoms with Crippen molar-refractivity contribution in [3.05, 3.63) is 6.92 Å². The quantitative estimate of drug-likeness (QED) is 0.506. The predicted octanol–water partition coefficient (Wildman–Crippen LogP) is 1.46. The topological polar surface area (TPSA) is 0 Å². The van der Waals surface area contributed by atoms with Gasteiger partial charge < -0.3 is 0 Å².